The third-order valence-electron chi connectivity index (χ3n) is 3.39. The molecule has 0 heterocycles. The van der Waals surface area contributed by atoms with Crippen LogP contribution in [0, 0.1) is 20.8 Å². The molecular weight excluding hydrogens is 222 g/mol. The third kappa shape index (κ3) is 2.19. The van der Waals surface area contributed by atoms with E-state index in [2.05, 4.69) is 39.0 Å². The molecule has 0 aliphatic rings. The predicted octanol–water partition coefficient (Wildman–Crippen LogP) is 3.87. The van der Waals surface area contributed by atoms with E-state index >= 15 is 0 Å². The maximum atomic E-state index is 5.98. The standard InChI is InChI=1S/C16H19NO/c1-10-5-6-13(7-11(10)2)14-9-15(17)16(18-4)8-12(14)3/h5-9H,17H2,1-4H3. The van der Waals surface area contributed by atoms with Crippen LogP contribution in [0.25, 0.3) is 11.1 Å². The Hall–Kier alpha value is -1.96. The lowest BCUT2D eigenvalue weighted by molar-refractivity contribution is 0.416. The minimum absolute atomic E-state index is 0.677. The first-order valence-corrected chi connectivity index (χ1v) is 6.04. The zero-order valence-corrected chi connectivity index (χ0v) is 11.4. The molecular formula is C16H19NO. The Balaban J connectivity index is 2.57. The number of ether oxygens (including phenoxy) is 1. The minimum atomic E-state index is 0.677. The van der Waals surface area contributed by atoms with E-state index in [9.17, 15) is 0 Å². The summed E-state index contributed by atoms with van der Waals surface area (Å²) in [6.07, 6.45) is 0. The predicted molar refractivity (Wildman–Crippen MR) is 77.1 cm³/mol. The number of rotatable bonds is 2. The van der Waals surface area contributed by atoms with Crippen LogP contribution in [0.1, 0.15) is 16.7 Å². The molecule has 0 aromatic heterocycles. The van der Waals surface area contributed by atoms with Crippen LogP contribution in [0.3, 0.4) is 0 Å². The molecule has 0 aliphatic heterocycles. The van der Waals surface area contributed by atoms with Crippen LogP contribution in [0.15, 0.2) is 30.3 Å². The number of benzene rings is 2. The van der Waals surface area contributed by atoms with Gasteiger partial charge in [0.1, 0.15) is 5.75 Å². The third-order valence-corrected chi connectivity index (χ3v) is 3.39. The highest BCUT2D eigenvalue weighted by molar-refractivity contribution is 5.74. The molecule has 0 atom stereocenters. The Labute approximate surface area is 108 Å². The van der Waals surface area contributed by atoms with Crippen molar-refractivity contribution in [3.63, 3.8) is 0 Å². The van der Waals surface area contributed by atoms with Crippen molar-refractivity contribution in [3.8, 4) is 16.9 Å². The van der Waals surface area contributed by atoms with Gasteiger partial charge in [0.15, 0.2) is 0 Å². The van der Waals surface area contributed by atoms with E-state index in [1.54, 1.807) is 7.11 Å². The molecule has 0 spiro atoms. The monoisotopic (exact) mass is 241 g/mol. The van der Waals surface area contributed by atoms with E-state index in [0.29, 0.717) is 5.69 Å². The fourth-order valence-corrected chi connectivity index (χ4v) is 2.09. The van der Waals surface area contributed by atoms with E-state index in [4.69, 9.17) is 10.5 Å². The van der Waals surface area contributed by atoms with E-state index in [1.165, 1.54) is 22.3 Å². The molecule has 2 aromatic rings. The molecule has 2 N–H and O–H groups in total. The topological polar surface area (TPSA) is 35.2 Å². The molecule has 0 bridgehead atoms. The molecule has 2 nitrogen and oxygen atoms in total. The van der Waals surface area contributed by atoms with Crippen LogP contribution < -0.4 is 10.5 Å². The summed E-state index contributed by atoms with van der Waals surface area (Å²) in [7, 11) is 1.64. The highest BCUT2D eigenvalue weighted by Gasteiger charge is 2.08. The van der Waals surface area contributed by atoms with Gasteiger partial charge in [0, 0.05) is 0 Å². The number of hydrogen-bond donors (Lipinski definition) is 1. The lowest BCUT2D eigenvalue weighted by Gasteiger charge is -2.12. The Morgan fingerprint density at radius 2 is 1.61 bits per heavy atom. The first-order valence-electron chi connectivity index (χ1n) is 6.04. The van der Waals surface area contributed by atoms with Crippen LogP contribution in [0.4, 0.5) is 5.69 Å². The summed E-state index contributed by atoms with van der Waals surface area (Å²) in [5, 5.41) is 0. The summed E-state index contributed by atoms with van der Waals surface area (Å²) in [6, 6.07) is 10.4. The molecule has 0 fully saturated rings. The van der Waals surface area contributed by atoms with Crippen molar-refractivity contribution in [3.05, 3.63) is 47.0 Å². The van der Waals surface area contributed by atoms with Crippen molar-refractivity contribution in [2.75, 3.05) is 12.8 Å². The van der Waals surface area contributed by atoms with Crippen molar-refractivity contribution in [1.29, 1.82) is 0 Å². The summed E-state index contributed by atoms with van der Waals surface area (Å²) in [6.45, 7) is 6.32. The molecule has 0 aliphatic carbocycles. The summed E-state index contributed by atoms with van der Waals surface area (Å²) < 4.78 is 5.23. The second-order valence-electron chi connectivity index (χ2n) is 4.71. The Morgan fingerprint density at radius 3 is 2.22 bits per heavy atom. The maximum Gasteiger partial charge on any atom is 0.142 e. The number of aryl methyl sites for hydroxylation is 3. The minimum Gasteiger partial charge on any atom is -0.495 e. The van der Waals surface area contributed by atoms with E-state index in [-0.39, 0.29) is 0 Å². The largest absolute Gasteiger partial charge is 0.495 e. The molecule has 94 valence electrons. The lowest BCUT2D eigenvalue weighted by atomic mass is 9.96. The first kappa shape index (κ1) is 12.5. The number of hydrogen-bond acceptors (Lipinski definition) is 2. The van der Waals surface area contributed by atoms with Crippen LogP contribution in [0.2, 0.25) is 0 Å². The molecule has 0 saturated heterocycles. The van der Waals surface area contributed by atoms with Crippen molar-refractivity contribution in [1.82, 2.24) is 0 Å². The zero-order chi connectivity index (χ0) is 13.3. The van der Waals surface area contributed by atoms with Gasteiger partial charge in [-0.05, 0) is 60.7 Å². The van der Waals surface area contributed by atoms with Gasteiger partial charge >= 0.3 is 0 Å². The van der Waals surface area contributed by atoms with Crippen molar-refractivity contribution >= 4 is 5.69 Å². The summed E-state index contributed by atoms with van der Waals surface area (Å²) in [5.74, 6) is 0.736. The van der Waals surface area contributed by atoms with Gasteiger partial charge in [-0.15, -0.1) is 0 Å². The molecule has 2 heteroatoms. The quantitative estimate of drug-likeness (QED) is 0.810. The van der Waals surface area contributed by atoms with Gasteiger partial charge in [-0.2, -0.15) is 0 Å². The van der Waals surface area contributed by atoms with Crippen LogP contribution in [-0.4, -0.2) is 7.11 Å². The molecule has 0 amide bonds. The molecule has 2 aromatic carbocycles. The summed E-state index contributed by atoms with van der Waals surface area (Å²) in [5.41, 5.74) is 12.8. The number of nitrogens with two attached hydrogens (primary N) is 1. The van der Waals surface area contributed by atoms with Gasteiger partial charge in [-0.25, -0.2) is 0 Å². The van der Waals surface area contributed by atoms with Crippen molar-refractivity contribution < 1.29 is 4.74 Å². The van der Waals surface area contributed by atoms with Gasteiger partial charge in [-0.1, -0.05) is 18.2 Å². The number of nitrogen functional groups attached to an aromatic ring is 1. The zero-order valence-electron chi connectivity index (χ0n) is 11.4. The maximum absolute atomic E-state index is 5.98. The Bertz CT molecular complexity index is 588. The smallest absolute Gasteiger partial charge is 0.142 e. The van der Waals surface area contributed by atoms with Crippen molar-refractivity contribution in [2.45, 2.75) is 20.8 Å². The fourth-order valence-electron chi connectivity index (χ4n) is 2.09. The van der Waals surface area contributed by atoms with Crippen LogP contribution in [-0.2, 0) is 0 Å². The molecule has 18 heavy (non-hydrogen) atoms. The van der Waals surface area contributed by atoms with Gasteiger partial charge in [0.2, 0.25) is 0 Å². The summed E-state index contributed by atoms with van der Waals surface area (Å²) in [4.78, 5) is 0. The highest BCUT2D eigenvalue weighted by atomic mass is 16.5. The molecule has 2 rings (SSSR count). The van der Waals surface area contributed by atoms with E-state index in [1.807, 2.05) is 12.1 Å². The first-order chi connectivity index (χ1) is 8.52. The molecule has 0 saturated carbocycles. The normalized spacial score (nSPS) is 10.4. The average Bonchev–Trinajstić information content (AvgIpc) is 2.35. The van der Waals surface area contributed by atoms with Gasteiger partial charge in [0.25, 0.3) is 0 Å². The lowest BCUT2D eigenvalue weighted by Crippen LogP contribution is -1.95. The SMILES string of the molecule is COc1cc(C)c(-c2ccc(C)c(C)c2)cc1N. The molecule has 0 unspecified atom stereocenters. The highest BCUT2D eigenvalue weighted by Crippen LogP contribution is 2.32. The Morgan fingerprint density at radius 1 is 0.889 bits per heavy atom. The van der Waals surface area contributed by atoms with Crippen LogP contribution >= 0.6 is 0 Å². The van der Waals surface area contributed by atoms with Crippen molar-refractivity contribution in [2.24, 2.45) is 0 Å². The van der Waals surface area contributed by atoms with Gasteiger partial charge in [0.05, 0.1) is 12.8 Å². The Kier molecular flexibility index (Phi) is 3.28. The number of methoxy groups -OCH3 is 1. The second kappa shape index (κ2) is 4.73. The van der Waals surface area contributed by atoms with E-state index < -0.39 is 0 Å². The second-order valence-corrected chi connectivity index (χ2v) is 4.71. The molecule has 0 radical (unpaired) electrons. The van der Waals surface area contributed by atoms with Gasteiger partial charge < -0.3 is 10.5 Å². The van der Waals surface area contributed by atoms with E-state index in [0.717, 1.165) is 11.3 Å². The fraction of sp³-hybridized carbons (Fsp3) is 0.250. The van der Waals surface area contributed by atoms with Gasteiger partial charge in [-0.3, -0.25) is 0 Å². The van der Waals surface area contributed by atoms with Crippen LogP contribution in [0.5, 0.6) is 5.75 Å². The number of anilines is 1. The summed E-state index contributed by atoms with van der Waals surface area (Å²) >= 11 is 0. The average molecular weight is 241 g/mol.